The smallest absolute Gasteiger partial charge is 0.406 e. The van der Waals surface area contributed by atoms with Crippen molar-refractivity contribution in [3.8, 4) is 5.75 Å². The molecular formula is C12H11F3N2O3S. The zero-order valence-corrected chi connectivity index (χ0v) is 11.7. The van der Waals surface area contributed by atoms with Gasteiger partial charge >= 0.3 is 12.1 Å². The van der Waals surface area contributed by atoms with Gasteiger partial charge in [0.05, 0.1) is 23.9 Å². The second-order valence-electron chi connectivity index (χ2n) is 4.13. The van der Waals surface area contributed by atoms with E-state index in [1.807, 2.05) is 0 Å². The number of thioether (sulfide) groups is 1. The molecule has 2 rings (SSSR count). The fourth-order valence-corrected chi connectivity index (χ4v) is 2.51. The minimum absolute atomic E-state index is 0.0120. The van der Waals surface area contributed by atoms with E-state index < -0.39 is 18.7 Å². The van der Waals surface area contributed by atoms with Gasteiger partial charge in [-0.15, -0.1) is 0 Å². The molecule has 9 heteroatoms. The second kappa shape index (κ2) is 5.84. The van der Waals surface area contributed by atoms with E-state index in [-0.39, 0.29) is 16.4 Å². The maximum atomic E-state index is 12.7. The molecule has 0 unspecified atom stereocenters. The van der Waals surface area contributed by atoms with Crippen LogP contribution in [0.1, 0.15) is 0 Å². The van der Waals surface area contributed by atoms with Crippen molar-refractivity contribution in [1.29, 1.82) is 0 Å². The van der Waals surface area contributed by atoms with Crippen molar-refractivity contribution in [2.24, 2.45) is 0 Å². The van der Waals surface area contributed by atoms with Crippen molar-refractivity contribution in [1.82, 2.24) is 9.55 Å². The number of carboxylic acids is 1. The van der Waals surface area contributed by atoms with Gasteiger partial charge in [0.2, 0.25) is 0 Å². The van der Waals surface area contributed by atoms with Gasteiger partial charge in [-0.25, -0.2) is 4.98 Å². The van der Waals surface area contributed by atoms with Crippen LogP contribution in [0.15, 0.2) is 23.4 Å². The van der Waals surface area contributed by atoms with E-state index in [9.17, 15) is 18.0 Å². The van der Waals surface area contributed by atoms with Crippen LogP contribution < -0.4 is 4.74 Å². The largest absolute Gasteiger partial charge is 0.497 e. The summed E-state index contributed by atoms with van der Waals surface area (Å²) >= 11 is 0.747. The molecule has 0 radical (unpaired) electrons. The molecule has 0 saturated heterocycles. The highest BCUT2D eigenvalue weighted by atomic mass is 32.2. The molecule has 1 aromatic heterocycles. The minimum Gasteiger partial charge on any atom is -0.497 e. The van der Waals surface area contributed by atoms with E-state index in [0.717, 1.165) is 16.3 Å². The molecule has 0 aliphatic carbocycles. The van der Waals surface area contributed by atoms with Gasteiger partial charge in [0.15, 0.2) is 5.16 Å². The van der Waals surface area contributed by atoms with E-state index in [2.05, 4.69) is 4.98 Å². The average Bonchev–Trinajstić information content (AvgIpc) is 2.72. The Morgan fingerprint density at radius 1 is 1.48 bits per heavy atom. The van der Waals surface area contributed by atoms with Crippen LogP contribution in [-0.4, -0.2) is 39.7 Å². The fraction of sp³-hybridized carbons (Fsp3) is 0.333. The number of alkyl halides is 3. The Bertz CT molecular complexity index is 670. The number of aliphatic carboxylic acids is 1. The number of nitrogens with zero attached hydrogens (tertiary/aromatic N) is 2. The van der Waals surface area contributed by atoms with Gasteiger partial charge in [-0.3, -0.25) is 4.79 Å². The van der Waals surface area contributed by atoms with Crippen LogP contribution in [-0.2, 0) is 11.3 Å². The van der Waals surface area contributed by atoms with Crippen LogP contribution in [0.4, 0.5) is 13.2 Å². The highest BCUT2D eigenvalue weighted by Gasteiger charge is 2.30. The Balaban J connectivity index is 2.49. The Hall–Kier alpha value is -1.90. The van der Waals surface area contributed by atoms with Crippen molar-refractivity contribution < 1.29 is 27.8 Å². The number of halogens is 3. The van der Waals surface area contributed by atoms with Crippen LogP contribution in [0.25, 0.3) is 11.0 Å². The number of aromatic nitrogens is 2. The first-order valence-electron chi connectivity index (χ1n) is 5.76. The zero-order valence-electron chi connectivity index (χ0n) is 10.8. The van der Waals surface area contributed by atoms with E-state index in [1.54, 1.807) is 6.07 Å². The van der Waals surface area contributed by atoms with Crippen molar-refractivity contribution in [2.75, 3.05) is 12.9 Å². The van der Waals surface area contributed by atoms with Crippen molar-refractivity contribution in [2.45, 2.75) is 17.9 Å². The number of methoxy groups -OCH3 is 1. The summed E-state index contributed by atoms with van der Waals surface area (Å²) in [7, 11) is 1.41. The Morgan fingerprint density at radius 3 is 2.76 bits per heavy atom. The monoisotopic (exact) mass is 320 g/mol. The lowest BCUT2D eigenvalue weighted by Crippen LogP contribution is -2.18. The molecule has 2 aromatic rings. The SMILES string of the molecule is COc1ccc2nc(SCC(=O)O)n(CC(F)(F)F)c2c1. The summed E-state index contributed by atoms with van der Waals surface area (Å²) in [5.41, 5.74) is 0.604. The maximum absolute atomic E-state index is 12.7. The van der Waals surface area contributed by atoms with Crippen LogP contribution in [0.3, 0.4) is 0 Å². The first-order chi connectivity index (χ1) is 9.80. The molecule has 0 aliphatic rings. The van der Waals surface area contributed by atoms with Crippen molar-refractivity contribution >= 4 is 28.8 Å². The van der Waals surface area contributed by atoms with Gasteiger partial charge in [0, 0.05) is 6.07 Å². The van der Waals surface area contributed by atoms with E-state index in [4.69, 9.17) is 9.84 Å². The molecule has 114 valence electrons. The quantitative estimate of drug-likeness (QED) is 0.858. The van der Waals surface area contributed by atoms with Crippen LogP contribution >= 0.6 is 11.8 Å². The van der Waals surface area contributed by atoms with E-state index in [1.165, 1.54) is 19.2 Å². The first-order valence-corrected chi connectivity index (χ1v) is 6.74. The maximum Gasteiger partial charge on any atom is 0.406 e. The number of fused-ring (bicyclic) bond motifs is 1. The molecule has 1 aromatic carbocycles. The second-order valence-corrected chi connectivity index (χ2v) is 5.08. The van der Waals surface area contributed by atoms with Crippen molar-refractivity contribution in [3.05, 3.63) is 18.2 Å². The minimum atomic E-state index is -4.44. The zero-order chi connectivity index (χ0) is 15.6. The lowest BCUT2D eigenvalue weighted by atomic mass is 10.3. The third-order valence-electron chi connectivity index (χ3n) is 2.58. The van der Waals surface area contributed by atoms with Gasteiger partial charge in [-0.2, -0.15) is 13.2 Å². The molecular weight excluding hydrogens is 309 g/mol. The highest BCUT2D eigenvalue weighted by Crippen LogP contribution is 2.30. The highest BCUT2D eigenvalue weighted by molar-refractivity contribution is 7.99. The van der Waals surface area contributed by atoms with E-state index in [0.29, 0.717) is 11.3 Å². The Kier molecular flexibility index (Phi) is 4.31. The molecule has 0 aliphatic heterocycles. The molecule has 0 atom stereocenters. The summed E-state index contributed by atoms with van der Waals surface area (Å²) in [5, 5.41) is 8.67. The number of hydrogen-bond donors (Lipinski definition) is 1. The summed E-state index contributed by atoms with van der Waals surface area (Å²) in [6.07, 6.45) is -4.44. The van der Waals surface area contributed by atoms with Crippen LogP contribution in [0.2, 0.25) is 0 Å². The summed E-state index contributed by atoms with van der Waals surface area (Å²) < 4.78 is 44.0. The van der Waals surface area contributed by atoms with Gasteiger partial charge in [-0.05, 0) is 12.1 Å². The normalized spacial score (nSPS) is 11.8. The summed E-state index contributed by atoms with van der Waals surface area (Å²) in [5.74, 6) is -1.08. The fourth-order valence-electron chi connectivity index (χ4n) is 1.78. The summed E-state index contributed by atoms with van der Waals surface area (Å²) in [4.78, 5) is 14.6. The number of ether oxygens (including phenoxy) is 1. The molecule has 0 bridgehead atoms. The first kappa shape index (κ1) is 15.5. The number of carbonyl (C=O) groups is 1. The Morgan fingerprint density at radius 2 is 2.19 bits per heavy atom. The molecule has 5 nitrogen and oxygen atoms in total. The number of imidazole rings is 1. The van der Waals surface area contributed by atoms with Gasteiger partial charge < -0.3 is 14.4 Å². The Labute approximate surface area is 121 Å². The molecule has 0 amide bonds. The lowest BCUT2D eigenvalue weighted by Gasteiger charge is -2.11. The standard InChI is InChI=1S/C12H11F3N2O3S/c1-20-7-2-3-8-9(4-7)17(6-12(13,14)15)11(16-8)21-5-10(18)19/h2-4H,5-6H2,1H3,(H,18,19). The molecule has 0 fully saturated rings. The molecule has 1 N–H and O–H groups in total. The van der Waals surface area contributed by atoms with E-state index >= 15 is 0 Å². The topological polar surface area (TPSA) is 64.3 Å². The number of benzene rings is 1. The molecule has 21 heavy (non-hydrogen) atoms. The molecule has 0 saturated carbocycles. The predicted molar refractivity (Wildman–Crippen MR) is 70.7 cm³/mol. The average molecular weight is 320 g/mol. The third-order valence-corrected chi connectivity index (χ3v) is 3.54. The lowest BCUT2D eigenvalue weighted by molar-refractivity contribution is -0.141. The summed E-state index contributed by atoms with van der Waals surface area (Å²) in [6, 6.07) is 4.56. The summed E-state index contributed by atoms with van der Waals surface area (Å²) in [6.45, 7) is -1.24. The number of carboxylic acid groups (broad SMARTS) is 1. The van der Waals surface area contributed by atoms with Gasteiger partial charge in [0.1, 0.15) is 12.3 Å². The molecule has 1 heterocycles. The van der Waals surface area contributed by atoms with Crippen molar-refractivity contribution in [3.63, 3.8) is 0 Å². The number of hydrogen-bond acceptors (Lipinski definition) is 4. The van der Waals surface area contributed by atoms with Crippen LogP contribution in [0.5, 0.6) is 5.75 Å². The predicted octanol–water partition coefficient (Wildman–Crippen LogP) is 2.78. The van der Waals surface area contributed by atoms with Crippen LogP contribution in [0, 0.1) is 0 Å². The third kappa shape index (κ3) is 3.81. The van der Waals surface area contributed by atoms with Gasteiger partial charge in [-0.1, -0.05) is 11.8 Å². The number of rotatable bonds is 5. The molecule has 0 spiro atoms. The van der Waals surface area contributed by atoms with Gasteiger partial charge in [0.25, 0.3) is 0 Å².